The molecule has 24 heavy (non-hydrogen) atoms. The second kappa shape index (κ2) is 6.86. The summed E-state index contributed by atoms with van der Waals surface area (Å²) in [7, 11) is 1.44. The molecule has 1 heterocycles. The molecule has 2 N–H and O–H groups in total. The average Bonchev–Trinajstić information content (AvgIpc) is 2.59. The summed E-state index contributed by atoms with van der Waals surface area (Å²) in [4.78, 5) is 27.7. The van der Waals surface area contributed by atoms with Crippen molar-refractivity contribution in [3.63, 3.8) is 0 Å². The first-order valence-corrected chi connectivity index (χ1v) is 7.94. The Morgan fingerprint density at radius 3 is 2.88 bits per heavy atom. The third kappa shape index (κ3) is 3.32. The van der Waals surface area contributed by atoms with Crippen molar-refractivity contribution < 1.29 is 13.9 Å². The molecule has 5 nitrogen and oxygen atoms in total. The van der Waals surface area contributed by atoms with E-state index in [-0.39, 0.29) is 17.5 Å². The fourth-order valence-corrected chi connectivity index (χ4v) is 2.97. The van der Waals surface area contributed by atoms with E-state index in [0.717, 1.165) is 36.9 Å². The number of ether oxygens (including phenoxy) is 1. The van der Waals surface area contributed by atoms with Gasteiger partial charge in [-0.05, 0) is 37.8 Å². The van der Waals surface area contributed by atoms with Gasteiger partial charge in [0.05, 0.1) is 19.2 Å². The van der Waals surface area contributed by atoms with Gasteiger partial charge in [0.25, 0.3) is 0 Å². The Labute approximate surface area is 138 Å². The highest BCUT2D eigenvalue weighted by molar-refractivity contribution is 5.92. The van der Waals surface area contributed by atoms with Gasteiger partial charge >= 0.3 is 0 Å². The Balaban J connectivity index is 1.75. The third-order valence-corrected chi connectivity index (χ3v) is 4.26. The van der Waals surface area contributed by atoms with Gasteiger partial charge in [-0.15, -0.1) is 0 Å². The van der Waals surface area contributed by atoms with Gasteiger partial charge in [0, 0.05) is 29.1 Å². The summed E-state index contributed by atoms with van der Waals surface area (Å²) in [6.45, 7) is 0. The Morgan fingerprint density at radius 1 is 1.33 bits per heavy atom. The fraction of sp³-hybridized carbons (Fsp3) is 0.333. The minimum absolute atomic E-state index is 0.0650. The van der Waals surface area contributed by atoms with Crippen molar-refractivity contribution in [1.82, 2.24) is 4.98 Å². The van der Waals surface area contributed by atoms with Crippen LogP contribution in [-0.2, 0) is 24.1 Å². The summed E-state index contributed by atoms with van der Waals surface area (Å²) < 4.78 is 18.8. The molecule has 1 aliphatic rings. The van der Waals surface area contributed by atoms with Crippen molar-refractivity contribution in [2.24, 2.45) is 0 Å². The van der Waals surface area contributed by atoms with Gasteiger partial charge in [-0.1, -0.05) is 0 Å². The molecule has 3 rings (SSSR count). The molecule has 0 atom stereocenters. The summed E-state index contributed by atoms with van der Waals surface area (Å²) in [6, 6.07) is 4.19. The SMILES string of the molecule is COc1ccc(NC(=O)Cc2c[nH]c3c(c2=O)CCCC3)c(F)c1. The van der Waals surface area contributed by atoms with Crippen LogP contribution >= 0.6 is 0 Å². The zero-order valence-electron chi connectivity index (χ0n) is 13.4. The number of pyridine rings is 1. The molecule has 126 valence electrons. The number of H-pyrrole nitrogens is 1. The van der Waals surface area contributed by atoms with E-state index < -0.39 is 11.7 Å². The monoisotopic (exact) mass is 330 g/mol. The molecule has 0 unspecified atom stereocenters. The molecule has 2 aromatic rings. The van der Waals surface area contributed by atoms with E-state index in [2.05, 4.69) is 10.3 Å². The van der Waals surface area contributed by atoms with Gasteiger partial charge in [0.15, 0.2) is 5.43 Å². The number of amides is 1. The third-order valence-electron chi connectivity index (χ3n) is 4.26. The van der Waals surface area contributed by atoms with Crippen molar-refractivity contribution in [2.75, 3.05) is 12.4 Å². The summed E-state index contributed by atoms with van der Waals surface area (Å²) in [5.41, 5.74) is 2.14. The quantitative estimate of drug-likeness (QED) is 0.905. The number of carbonyl (C=O) groups is 1. The molecule has 0 saturated heterocycles. The fourth-order valence-electron chi connectivity index (χ4n) is 2.97. The number of nitrogens with one attached hydrogen (secondary N) is 2. The topological polar surface area (TPSA) is 71.2 Å². The lowest BCUT2D eigenvalue weighted by atomic mass is 9.94. The van der Waals surface area contributed by atoms with Gasteiger partial charge in [0.2, 0.25) is 5.91 Å². The van der Waals surface area contributed by atoms with Gasteiger partial charge in [0.1, 0.15) is 11.6 Å². The number of benzene rings is 1. The minimum Gasteiger partial charge on any atom is -0.497 e. The zero-order valence-corrected chi connectivity index (χ0v) is 13.4. The lowest BCUT2D eigenvalue weighted by Gasteiger charge is -2.15. The molecule has 6 heteroatoms. The number of aromatic amines is 1. The Hall–Kier alpha value is -2.63. The minimum atomic E-state index is -0.581. The maximum Gasteiger partial charge on any atom is 0.229 e. The molecule has 1 aliphatic carbocycles. The lowest BCUT2D eigenvalue weighted by molar-refractivity contribution is -0.115. The average molecular weight is 330 g/mol. The van der Waals surface area contributed by atoms with E-state index in [9.17, 15) is 14.0 Å². The number of fused-ring (bicyclic) bond motifs is 1. The highest BCUT2D eigenvalue weighted by Gasteiger charge is 2.17. The molecule has 0 aliphatic heterocycles. The van der Waals surface area contributed by atoms with Crippen LogP contribution in [0, 0.1) is 5.82 Å². The van der Waals surface area contributed by atoms with Crippen molar-refractivity contribution in [3.8, 4) is 5.75 Å². The predicted octanol–water partition coefficient (Wildman–Crippen LogP) is 2.58. The Morgan fingerprint density at radius 2 is 2.12 bits per heavy atom. The van der Waals surface area contributed by atoms with Crippen LogP contribution < -0.4 is 15.5 Å². The molecule has 0 radical (unpaired) electrons. The maximum absolute atomic E-state index is 13.9. The summed E-state index contributed by atoms with van der Waals surface area (Å²) in [6.07, 6.45) is 5.17. The van der Waals surface area contributed by atoms with Crippen LogP contribution in [0.15, 0.2) is 29.2 Å². The van der Waals surface area contributed by atoms with Gasteiger partial charge < -0.3 is 15.0 Å². The smallest absolute Gasteiger partial charge is 0.229 e. The predicted molar refractivity (Wildman–Crippen MR) is 89.0 cm³/mol. The van der Waals surface area contributed by atoms with Crippen LogP contribution in [0.1, 0.15) is 29.7 Å². The number of aromatic nitrogens is 1. The molecule has 0 fully saturated rings. The van der Waals surface area contributed by atoms with Crippen molar-refractivity contribution >= 4 is 11.6 Å². The van der Waals surface area contributed by atoms with E-state index in [1.54, 1.807) is 12.3 Å². The van der Waals surface area contributed by atoms with E-state index in [4.69, 9.17) is 4.74 Å². The van der Waals surface area contributed by atoms with Crippen LogP contribution in [-0.4, -0.2) is 18.0 Å². The van der Waals surface area contributed by atoms with E-state index in [0.29, 0.717) is 11.3 Å². The number of aryl methyl sites for hydroxylation is 1. The van der Waals surface area contributed by atoms with Crippen molar-refractivity contribution in [1.29, 1.82) is 0 Å². The molecule has 1 aromatic heterocycles. The Bertz CT molecular complexity index is 829. The maximum atomic E-state index is 13.9. The first-order chi connectivity index (χ1) is 11.6. The van der Waals surface area contributed by atoms with Gasteiger partial charge in [-0.3, -0.25) is 9.59 Å². The number of hydrogen-bond donors (Lipinski definition) is 2. The first kappa shape index (κ1) is 16.2. The summed E-state index contributed by atoms with van der Waals surface area (Å²) >= 11 is 0. The highest BCUT2D eigenvalue weighted by atomic mass is 19.1. The number of halogens is 1. The van der Waals surface area contributed by atoms with E-state index in [1.807, 2.05) is 0 Å². The van der Waals surface area contributed by atoms with Crippen LogP contribution in [0.2, 0.25) is 0 Å². The van der Waals surface area contributed by atoms with Crippen LogP contribution in [0.25, 0.3) is 0 Å². The molecule has 0 saturated carbocycles. The summed E-state index contributed by atoms with van der Waals surface area (Å²) in [5.74, 6) is -0.640. The molecule has 0 spiro atoms. The number of rotatable bonds is 4. The first-order valence-electron chi connectivity index (χ1n) is 7.94. The Kier molecular flexibility index (Phi) is 4.64. The van der Waals surface area contributed by atoms with Crippen molar-refractivity contribution in [3.05, 3.63) is 57.3 Å². The van der Waals surface area contributed by atoms with Crippen LogP contribution in [0.3, 0.4) is 0 Å². The van der Waals surface area contributed by atoms with Crippen LogP contribution in [0.4, 0.5) is 10.1 Å². The number of methoxy groups -OCH3 is 1. The largest absolute Gasteiger partial charge is 0.497 e. The molecule has 0 bridgehead atoms. The lowest BCUT2D eigenvalue weighted by Crippen LogP contribution is -2.25. The molecule has 1 amide bonds. The second-order valence-electron chi connectivity index (χ2n) is 5.88. The van der Waals surface area contributed by atoms with Gasteiger partial charge in [-0.2, -0.15) is 0 Å². The van der Waals surface area contributed by atoms with E-state index in [1.165, 1.54) is 19.2 Å². The zero-order chi connectivity index (χ0) is 17.1. The standard InChI is InChI=1S/C18H19FN2O3/c1-24-12-6-7-16(14(19)9-12)21-17(22)8-11-10-20-15-5-3-2-4-13(15)18(11)23/h6-7,9-10H,2-5,8H2,1H3,(H,20,23)(H,21,22). The highest BCUT2D eigenvalue weighted by Crippen LogP contribution is 2.21. The second-order valence-corrected chi connectivity index (χ2v) is 5.88. The number of anilines is 1. The molecule has 1 aromatic carbocycles. The van der Waals surface area contributed by atoms with E-state index >= 15 is 0 Å². The summed E-state index contributed by atoms with van der Waals surface area (Å²) in [5, 5.41) is 2.50. The van der Waals surface area contributed by atoms with Crippen LogP contribution in [0.5, 0.6) is 5.75 Å². The van der Waals surface area contributed by atoms with Gasteiger partial charge in [-0.25, -0.2) is 4.39 Å². The molecular formula is C18H19FN2O3. The molecular weight excluding hydrogens is 311 g/mol. The van der Waals surface area contributed by atoms with Crippen molar-refractivity contribution in [2.45, 2.75) is 32.1 Å². The number of carbonyl (C=O) groups excluding carboxylic acids is 1. The number of hydrogen-bond acceptors (Lipinski definition) is 3. The normalized spacial score (nSPS) is 13.2.